The predicted octanol–water partition coefficient (Wildman–Crippen LogP) is 3.13. The first-order chi connectivity index (χ1) is 12.2. The molecule has 25 heavy (non-hydrogen) atoms. The topological polar surface area (TPSA) is 75.1 Å². The number of phenols is 1. The highest BCUT2D eigenvalue weighted by Crippen LogP contribution is 2.32. The van der Waals surface area contributed by atoms with Gasteiger partial charge in [0, 0.05) is 24.7 Å². The number of aliphatic imine (C=N–C) groups is 1. The molecule has 0 bridgehead atoms. The highest BCUT2D eigenvalue weighted by molar-refractivity contribution is 5.93. The van der Waals surface area contributed by atoms with Gasteiger partial charge in [-0.05, 0) is 36.8 Å². The molecule has 1 aliphatic rings. The van der Waals surface area contributed by atoms with E-state index in [0.717, 1.165) is 35.7 Å². The molecule has 0 fully saturated rings. The van der Waals surface area contributed by atoms with Gasteiger partial charge in [0.05, 0.1) is 19.8 Å². The number of anilines is 1. The number of hydrogen-bond acceptors (Lipinski definition) is 4. The first-order valence-electron chi connectivity index (χ1n) is 8.47. The van der Waals surface area contributed by atoms with Crippen molar-refractivity contribution in [2.24, 2.45) is 4.99 Å². The molecule has 0 saturated carbocycles. The van der Waals surface area contributed by atoms with Crippen molar-refractivity contribution in [3.8, 4) is 17.2 Å². The molecule has 0 radical (unpaired) electrons. The Bertz CT molecular complexity index is 729. The van der Waals surface area contributed by atoms with Crippen molar-refractivity contribution < 1.29 is 14.6 Å². The summed E-state index contributed by atoms with van der Waals surface area (Å²) in [6.07, 6.45) is 0.883. The van der Waals surface area contributed by atoms with E-state index in [1.54, 1.807) is 12.1 Å². The minimum absolute atomic E-state index is 0.255. The second-order valence-corrected chi connectivity index (χ2v) is 5.70. The van der Waals surface area contributed by atoms with E-state index in [2.05, 4.69) is 15.6 Å². The molecule has 0 aliphatic carbocycles. The molecule has 3 rings (SSSR count). The Balaban J connectivity index is 1.71. The highest BCUT2D eigenvalue weighted by Gasteiger charge is 2.11. The molecule has 1 heterocycles. The number of benzene rings is 2. The van der Waals surface area contributed by atoms with E-state index in [4.69, 9.17) is 9.47 Å². The number of ether oxygens (including phenoxy) is 2. The van der Waals surface area contributed by atoms with Gasteiger partial charge in [-0.1, -0.05) is 12.1 Å². The number of phenolic OH excluding ortho intramolecular Hbond substituents is 1. The lowest BCUT2D eigenvalue weighted by atomic mass is 10.2. The van der Waals surface area contributed by atoms with Gasteiger partial charge in [-0.2, -0.15) is 0 Å². The summed E-state index contributed by atoms with van der Waals surface area (Å²) in [6.45, 7) is 4.62. The first-order valence-corrected chi connectivity index (χ1v) is 8.47. The van der Waals surface area contributed by atoms with Crippen LogP contribution in [0.1, 0.15) is 18.9 Å². The standard InChI is InChI=1S/C19H23N3O3/c1-2-20-19(21-13-14-4-7-16(23)8-5-14)22-15-6-9-17-18(12-15)25-11-3-10-24-17/h4-9,12,23H,2-3,10-11,13H2,1H3,(H2,20,21,22). The van der Waals surface area contributed by atoms with E-state index in [1.807, 2.05) is 37.3 Å². The van der Waals surface area contributed by atoms with Crippen LogP contribution in [0.15, 0.2) is 47.5 Å². The minimum Gasteiger partial charge on any atom is -0.508 e. The fourth-order valence-electron chi connectivity index (χ4n) is 2.46. The Kier molecular flexibility index (Phi) is 5.61. The molecule has 2 aromatic rings. The SMILES string of the molecule is CCNC(=NCc1ccc(O)cc1)Nc1ccc2c(c1)OCCCO2. The summed E-state index contributed by atoms with van der Waals surface area (Å²) < 4.78 is 11.4. The molecule has 132 valence electrons. The van der Waals surface area contributed by atoms with Gasteiger partial charge < -0.3 is 25.2 Å². The number of fused-ring (bicyclic) bond motifs is 1. The molecule has 0 amide bonds. The van der Waals surface area contributed by atoms with Crippen LogP contribution in [0.4, 0.5) is 5.69 Å². The molecular weight excluding hydrogens is 318 g/mol. The van der Waals surface area contributed by atoms with E-state index >= 15 is 0 Å². The Labute approximate surface area is 147 Å². The zero-order valence-electron chi connectivity index (χ0n) is 14.3. The molecule has 0 spiro atoms. The van der Waals surface area contributed by atoms with Crippen LogP contribution in [0.5, 0.6) is 17.2 Å². The number of nitrogens with zero attached hydrogens (tertiary/aromatic N) is 1. The Morgan fingerprint density at radius 3 is 2.60 bits per heavy atom. The second-order valence-electron chi connectivity index (χ2n) is 5.70. The van der Waals surface area contributed by atoms with Crippen LogP contribution in [0, 0.1) is 0 Å². The fraction of sp³-hybridized carbons (Fsp3) is 0.316. The van der Waals surface area contributed by atoms with Gasteiger partial charge in [-0.3, -0.25) is 0 Å². The highest BCUT2D eigenvalue weighted by atomic mass is 16.5. The monoisotopic (exact) mass is 341 g/mol. The molecule has 6 heteroatoms. The summed E-state index contributed by atoms with van der Waals surface area (Å²) in [6, 6.07) is 12.8. The van der Waals surface area contributed by atoms with Crippen LogP contribution in [-0.4, -0.2) is 30.8 Å². The number of rotatable bonds is 4. The Morgan fingerprint density at radius 2 is 1.84 bits per heavy atom. The average Bonchev–Trinajstić information content (AvgIpc) is 2.86. The lowest BCUT2D eigenvalue weighted by molar-refractivity contribution is 0.297. The number of nitrogens with one attached hydrogen (secondary N) is 2. The normalized spacial score (nSPS) is 13.9. The van der Waals surface area contributed by atoms with Gasteiger partial charge in [-0.25, -0.2) is 4.99 Å². The molecule has 0 aromatic heterocycles. The van der Waals surface area contributed by atoms with Gasteiger partial charge in [0.1, 0.15) is 5.75 Å². The van der Waals surface area contributed by atoms with E-state index in [-0.39, 0.29) is 5.75 Å². The van der Waals surface area contributed by atoms with Crippen LogP contribution < -0.4 is 20.1 Å². The maximum Gasteiger partial charge on any atom is 0.196 e. The summed E-state index contributed by atoms with van der Waals surface area (Å²) in [5.41, 5.74) is 1.91. The van der Waals surface area contributed by atoms with Crippen LogP contribution >= 0.6 is 0 Å². The van der Waals surface area contributed by atoms with Crippen molar-refractivity contribution >= 4 is 11.6 Å². The smallest absolute Gasteiger partial charge is 0.196 e. The molecule has 1 aliphatic heterocycles. The van der Waals surface area contributed by atoms with E-state index in [1.165, 1.54) is 0 Å². The van der Waals surface area contributed by atoms with Crippen LogP contribution in [0.2, 0.25) is 0 Å². The minimum atomic E-state index is 0.255. The molecule has 3 N–H and O–H groups in total. The summed E-state index contributed by atoms with van der Waals surface area (Å²) in [5.74, 6) is 2.46. The van der Waals surface area contributed by atoms with Gasteiger partial charge in [-0.15, -0.1) is 0 Å². The Morgan fingerprint density at radius 1 is 1.08 bits per heavy atom. The van der Waals surface area contributed by atoms with Crippen molar-refractivity contribution in [3.05, 3.63) is 48.0 Å². The lowest BCUT2D eigenvalue weighted by Crippen LogP contribution is -2.30. The Hall–Kier alpha value is -2.89. The zero-order valence-corrected chi connectivity index (χ0v) is 14.3. The van der Waals surface area contributed by atoms with Gasteiger partial charge >= 0.3 is 0 Å². The third-order valence-corrected chi connectivity index (χ3v) is 3.71. The van der Waals surface area contributed by atoms with Crippen molar-refractivity contribution in [1.29, 1.82) is 0 Å². The summed E-state index contributed by atoms with van der Waals surface area (Å²) in [4.78, 5) is 4.58. The molecule has 6 nitrogen and oxygen atoms in total. The van der Waals surface area contributed by atoms with Gasteiger partial charge in [0.15, 0.2) is 17.5 Å². The van der Waals surface area contributed by atoms with Crippen LogP contribution in [-0.2, 0) is 6.54 Å². The molecule has 0 atom stereocenters. The van der Waals surface area contributed by atoms with Crippen LogP contribution in [0.25, 0.3) is 0 Å². The van der Waals surface area contributed by atoms with Crippen molar-refractivity contribution in [2.75, 3.05) is 25.1 Å². The molecule has 2 aromatic carbocycles. The summed E-state index contributed by atoms with van der Waals surface area (Å²) in [5, 5.41) is 15.9. The molecule has 0 saturated heterocycles. The summed E-state index contributed by atoms with van der Waals surface area (Å²) in [7, 11) is 0. The van der Waals surface area contributed by atoms with Gasteiger partial charge in [0.2, 0.25) is 0 Å². The van der Waals surface area contributed by atoms with E-state index in [0.29, 0.717) is 25.7 Å². The third kappa shape index (κ3) is 4.79. The average molecular weight is 341 g/mol. The molecular formula is C19H23N3O3. The van der Waals surface area contributed by atoms with Crippen molar-refractivity contribution in [2.45, 2.75) is 19.9 Å². The van der Waals surface area contributed by atoms with Crippen LogP contribution in [0.3, 0.4) is 0 Å². The fourth-order valence-corrected chi connectivity index (χ4v) is 2.46. The van der Waals surface area contributed by atoms with E-state index in [9.17, 15) is 5.11 Å². The molecule has 0 unspecified atom stereocenters. The van der Waals surface area contributed by atoms with Gasteiger partial charge in [0.25, 0.3) is 0 Å². The van der Waals surface area contributed by atoms with Crippen molar-refractivity contribution in [1.82, 2.24) is 5.32 Å². The largest absolute Gasteiger partial charge is 0.508 e. The predicted molar refractivity (Wildman–Crippen MR) is 98.6 cm³/mol. The van der Waals surface area contributed by atoms with Crippen molar-refractivity contribution in [3.63, 3.8) is 0 Å². The zero-order chi connectivity index (χ0) is 17.5. The maximum atomic E-state index is 9.35. The summed E-state index contributed by atoms with van der Waals surface area (Å²) >= 11 is 0. The van der Waals surface area contributed by atoms with E-state index < -0.39 is 0 Å². The maximum absolute atomic E-state index is 9.35. The first kappa shape index (κ1) is 17.0. The number of aromatic hydroxyl groups is 1. The number of guanidine groups is 1. The quantitative estimate of drug-likeness (QED) is 0.588. The second kappa shape index (κ2) is 8.28. The number of hydrogen-bond donors (Lipinski definition) is 3. The lowest BCUT2D eigenvalue weighted by Gasteiger charge is -2.13. The third-order valence-electron chi connectivity index (χ3n) is 3.71.